The molecule has 0 amide bonds. The van der Waals surface area contributed by atoms with Crippen LogP contribution in [0.25, 0.3) is 27.4 Å². The van der Waals surface area contributed by atoms with Crippen molar-refractivity contribution in [1.82, 2.24) is 14.6 Å². The predicted molar refractivity (Wildman–Crippen MR) is 90.5 cm³/mol. The highest BCUT2D eigenvalue weighted by molar-refractivity contribution is 7.18. The third kappa shape index (κ3) is 2.42. The van der Waals surface area contributed by atoms with Crippen LogP contribution in [0, 0.1) is 0 Å². The molecule has 7 nitrogen and oxygen atoms in total. The zero-order valence-corrected chi connectivity index (χ0v) is 13.8. The highest BCUT2D eigenvalue weighted by atomic mass is 32.1. The maximum atomic E-state index is 5.99. The van der Waals surface area contributed by atoms with Gasteiger partial charge in [-0.1, -0.05) is 11.5 Å². The SMILES string of the molecule is [B]c1ccc2oc(-c3cn4nc(OC)sc4n3)cc2c1OCOC. The fourth-order valence-electron chi connectivity index (χ4n) is 2.39. The molecule has 120 valence electrons. The molecule has 0 aliphatic carbocycles. The van der Waals surface area contributed by atoms with E-state index in [2.05, 4.69) is 10.1 Å². The van der Waals surface area contributed by atoms with Crippen LogP contribution >= 0.6 is 11.3 Å². The first kappa shape index (κ1) is 15.0. The van der Waals surface area contributed by atoms with Gasteiger partial charge in [0.2, 0.25) is 4.96 Å². The van der Waals surface area contributed by atoms with Crippen LogP contribution in [0.15, 0.2) is 28.8 Å². The molecule has 0 spiro atoms. The molecule has 3 heterocycles. The van der Waals surface area contributed by atoms with Crippen molar-refractivity contribution in [2.75, 3.05) is 21.0 Å². The van der Waals surface area contributed by atoms with E-state index in [0.717, 1.165) is 10.3 Å². The lowest BCUT2D eigenvalue weighted by molar-refractivity contribution is 0.0529. The van der Waals surface area contributed by atoms with Crippen LogP contribution in [0.1, 0.15) is 0 Å². The van der Waals surface area contributed by atoms with E-state index >= 15 is 0 Å². The van der Waals surface area contributed by atoms with Gasteiger partial charge in [-0.05, 0) is 23.5 Å². The zero-order chi connectivity index (χ0) is 16.7. The summed E-state index contributed by atoms with van der Waals surface area (Å²) in [6.45, 7) is 0.105. The molecule has 0 aliphatic rings. The Bertz CT molecular complexity index is 991. The minimum atomic E-state index is 0.105. The van der Waals surface area contributed by atoms with Gasteiger partial charge >= 0.3 is 0 Å². The Kier molecular flexibility index (Phi) is 3.66. The van der Waals surface area contributed by atoms with Crippen LogP contribution in [-0.4, -0.2) is 43.5 Å². The van der Waals surface area contributed by atoms with Crippen LogP contribution in [0.5, 0.6) is 10.9 Å². The topological polar surface area (TPSA) is 71.0 Å². The van der Waals surface area contributed by atoms with Crippen molar-refractivity contribution < 1.29 is 18.6 Å². The van der Waals surface area contributed by atoms with Crippen molar-refractivity contribution in [2.45, 2.75) is 0 Å². The molecule has 0 fully saturated rings. The third-order valence-corrected chi connectivity index (χ3v) is 4.34. The molecule has 0 unspecified atom stereocenters. The fourth-order valence-corrected chi connectivity index (χ4v) is 3.09. The molecule has 1 aromatic carbocycles. The highest BCUT2D eigenvalue weighted by Crippen LogP contribution is 2.33. The van der Waals surface area contributed by atoms with E-state index in [1.165, 1.54) is 11.3 Å². The van der Waals surface area contributed by atoms with E-state index in [1.807, 2.05) is 6.07 Å². The van der Waals surface area contributed by atoms with Crippen molar-refractivity contribution in [3.63, 3.8) is 0 Å². The second kappa shape index (κ2) is 5.84. The van der Waals surface area contributed by atoms with Crippen molar-refractivity contribution in [3.8, 4) is 22.4 Å². The lowest BCUT2D eigenvalue weighted by Gasteiger charge is -2.08. The van der Waals surface area contributed by atoms with Crippen molar-refractivity contribution in [1.29, 1.82) is 0 Å². The maximum Gasteiger partial charge on any atom is 0.294 e. The molecule has 0 N–H and O–H groups in total. The lowest BCUT2D eigenvalue weighted by atomic mass is 9.93. The summed E-state index contributed by atoms with van der Waals surface area (Å²) < 4.78 is 23.1. The molecular weight excluding hydrogens is 329 g/mol. The number of ether oxygens (including phenoxy) is 3. The van der Waals surface area contributed by atoms with Crippen molar-refractivity contribution in [3.05, 3.63) is 24.4 Å². The van der Waals surface area contributed by atoms with Crippen LogP contribution < -0.4 is 14.9 Å². The van der Waals surface area contributed by atoms with Crippen LogP contribution in [-0.2, 0) is 4.74 Å². The monoisotopic (exact) mass is 341 g/mol. The van der Waals surface area contributed by atoms with Gasteiger partial charge in [-0.2, -0.15) is 0 Å². The second-order valence-electron chi connectivity index (χ2n) is 4.98. The minimum absolute atomic E-state index is 0.105. The largest absolute Gasteiger partial charge is 0.472 e. The van der Waals surface area contributed by atoms with Crippen molar-refractivity contribution >= 4 is 40.6 Å². The molecule has 24 heavy (non-hydrogen) atoms. The van der Waals surface area contributed by atoms with Crippen molar-refractivity contribution in [2.24, 2.45) is 0 Å². The number of aromatic nitrogens is 3. The molecule has 0 saturated heterocycles. The van der Waals surface area contributed by atoms with E-state index in [1.54, 1.807) is 37.1 Å². The Morgan fingerprint density at radius 1 is 1.33 bits per heavy atom. The molecule has 4 aromatic rings. The number of methoxy groups -OCH3 is 2. The summed E-state index contributed by atoms with van der Waals surface area (Å²) in [5.74, 6) is 1.14. The summed E-state index contributed by atoms with van der Waals surface area (Å²) in [7, 11) is 9.11. The average molecular weight is 341 g/mol. The number of benzene rings is 1. The van der Waals surface area contributed by atoms with E-state index < -0.39 is 0 Å². The normalized spacial score (nSPS) is 11.4. The van der Waals surface area contributed by atoms with Crippen LogP contribution in [0.3, 0.4) is 0 Å². The number of rotatable bonds is 5. The van der Waals surface area contributed by atoms with Gasteiger partial charge < -0.3 is 18.6 Å². The fraction of sp³-hybridized carbons (Fsp3) is 0.200. The van der Waals surface area contributed by atoms with E-state index in [-0.39, 0.29) is 6.79 Å². The minimum Gasteiger partial charge on any atom is -0.472 e. The lowest BCUT2D eigenvalue weighted by Crippen LogP contribution is -2.10. The van der Waals surface area contributed by atoms with Gasteiger partial charge in [0.1, 0.15) is 24.9 Å². The summed E-state index contributed by atoms with van der Waals surface area (Å²) in [6.07, 6.45) is 1.78. The number of fused-ring (bicyclic) bond motifs is 2. The van der Waals surface area contributed by atoms with Gasteiger partial charge in [0, 0.05) is 7.11 Å². The standard InChI is InChI=1S/C15H12BN3O4S/c1-20-7-22-13-8-5-12(23-11(8)4-3-9(13)16)10-6-19-14(17-10)24-15(18-19)21-2/h3-6H,7H2,1-2H3. The number of hydrogen-bond acceptors (Lipinski definition) is 7. The Balaban J connectivity index is 1.79. The molecule has 9 heteroatoms. The second-order valence-corrected chi connectivity index (χ2v) is 5.90. The Labute approximate surface area is 142 Å². The van der Waals surface area contributed by atoms with Gasteiger partial charge in [0.05, 0.1) is 18.7 Å². The molecule has 2 radical (unpaired) electrons. The first-order valence-corrected chi connectivity index (χ1v) is 7.85. The molecule has 3 aromatic heterocycles. The average Bonchev–Trinajstić information content (AvgIpc) is 3.25. The first-order chi connectivity index (χ1) is 11.7. The Hall–Kier alpha value is -2.52. The summed E-state index contributed by atoms with van der Waals surface area (Å²) in [4.78, 5) is 5.23. The molecule has 0 saturated carbocycles. The summed E-state index contributed by atoms with van der Waals surface area (Å²) in [5, 5.41) is 5.57. The highest BCUT2D eigenvalue weighted by Gasteiger charge is 2.16. The summed E-state index contributed by atoms with van der Waals surface area (Å²) >= 11 is 1.35. The molecule has 0 atom stereocenters. The smallest absolute Gasteiger partial charge is 0.294 e. The maximum absolute atomic E-state index is 5.99. The zero-order valence-electron chi connectivity index (χ0n) is 13.0. The van der Waals surface area contributed by atoms with Crippen LogP contribution in [0.2, 0.25) is 0 Å². The van der Waals surface area contributed by atoms with Crippen LogP contribution in [0.4, 0.5) is 0 Å². The van der Waals surface area contributed by atoms with E-state index in [4.69, 9.17) is 26.5 Å². The predicted octanol–water partition coefficient (Wildman–Crippen LogP) is 1.99. The molecule has 4 rings (SSSR count). The number of nitrogens with zero attached hydrogens (tertiary/aromatic N) is 3. The summed E-state index contributed by atoms with van der Waals surface area (Å²) in [6, 6.07) is 5.38. The van der Waals surface area contributed by atoms with Gasteiger partial charge in [-0.25, -0.2) is 9.50 Å². The molecule has 0 aliphatic heterocycles. The number of furan rings is 1. The quantitative estimate of drug-likeness (QED) is 0.408. The van der Waals surface area contributed by atoms with Gasteiger partial charge in [-0.3, -0.25) is 0 Å². The Morgan fingerprint density at radius 3 is 2.96 bits per heavy atom. The number of hydrogen-bond donors (Lipinski definition) is 0. The third-order valence-electron chi connectivity index (χ3n) is 3.45. The van der Waals surface area contributed by atoms with Gasteiger partial charge in [-0.15, -0.1) is 5.10 Å². The number of imidazole rings is 1. The Morgan fingerprint density at radius 2 is 2.21 bits per heavy atom. The first-order valence-electron chi connectivity index (χ1n) is 7.04. The molecular formula is C15H12BN3O4S. The molecule has 0 bridgehead atoms. The summed E-state index contributed by atoms with van der Waals surface area (Å²) in [5.41, 5.74) is 1.85. The van der Waals surface area contributed by atoms with Gasteiger partial charge in [0.15, 0.2) is 12.6 Å². The van der Waals surface area contributed by atoms with E-state index in [9.17, 15) is 0 Å². The van der Waals surface area contributed by atoms with E-state index in [0.29, 0.717) is 33.4 Å². The van der Waals surface area contributed by atoms with Gasteiger partial charge in [0.25, 0.3) is 5.19 Å².